The Labute approximate surface area is 132 Å². The maximum Gasteiger partial charge on any atom is 0.158 e. The molecule has 1 aromatic carbocycles. The maximum atomic E-state index is 13.2. The Morgan fingerprint density at radius 2 is 1.65 bits per heavy atom. The molecular formula is C18H13FN4. The van der Waals surface area contributed by atoms with Crippen molar-refractivity contribution in [1.82, 2.24) is 19.7 Å². The summed E-state index contributed by atoms with van der Waals surface area (Å²) in [6.07, 6.45) is 5.33. The summed E-state index contributed by atoms with van der Waals surface area (Å²) in [4.78, 5) is 8.57. The molecule has 0 aliphatic rings. The normalized spacial score (nSPS) is 11.0. The molecule has 3 aromatic heterocycles. The van der Waals surface area contributed by atoms with E-state index in [9.17, 15) is 4.39 Å². The number of nitrogens with zero attached hydrogens (tertiary/aromatic N) is 4. The number of aromatic nitrogens is 4. The highest BCUT2D eigenvalue weighted by atomic mass is 19.1. The van der Waals surface area contributed by atoms with Gasteiger partial charge in [0.15, 0.2) is 5.65 Å². The van der Waals surface area contributed by atoms with Crippen molar-refractivity contribution in [3.63, 3.8) is 0 Å². The Morgan fingerprint density at radius 1 is 0.913 bits per heavy atom. The van der Waals surface area contributed by atoms with E-state index in [1.165, 1.54) is 12.1 Å². The summed E-state index contributed by atoms with van der Waals surface area (Å²) in [6.45, 7) is 0. The lowest BCUT2D eigenvalue weighted by Crippen LogP contribution is -1.91. The van der Waals surface area contributed by atoms with Crippen molar-refractivity contribution in [2.24, 2.45) is 7.05 Å². The molecule has 4 nitrogen and oxygen atoms in total. The zero-order valence-corrected chi connectivity index (χ0v) is 12.4. The van der Waals surface area contributed by atoms with E-state index < -0.39 is 0 Å². The molecule has 4 rings (SSSR count). The first-order chi connectivity index (χ1) is 11.2. The second-order valence-corrected chi connectivity index (χ2v) is 5.31. The van der Waals surface area contributed by atoms with Crippen molar-refractivity contribution in [2.45, 2.75) is 0 Å². The number of hydrogen-bond donors (Lipinski definition) is 0. The highest BCUT2D eigenvalue weighted by Crippen LogP contribution is 2.30. The molecule has 0 radical (unpaired) electrons. The molecule has 0 atom stereocenters. The first kappa shape index (κ1) is 13.6. The molecule has 23 heavy (non-hydrogen) atoms. The topological polar surface area (TPSA) is 43.6 Å². The Morgan fingerprint density at radius 3 is 2.39 bits per heavy atom. The molecule has 0 fully saturated rings. The summed E-state index contributed by atoms with van der Waals surface area (Å²) >= 11 is 0. The minimum absolute atomic E-state index is 0.260. The summed E-state index contributed by atoms with van der Waals surface area (Å²) in [5.41, 5.74) is 4.50. The first-order valence-electron chi connectivity index (χ1n) is 7.21. The number of fused-ring (bicyclic) bond motifs is 1. The van der Waals surface area contributed by atoms with Crippen molar-refractivity contribution in [1.29, 1.82) is 0 Å². The molecule has 0 saturated carbocycles. The van der Waals surface area contributed by atoms with Crippen LogP contribution in [0.5, 0.6) is 0 Å². The van der Waals surface area contributed by atoms with E-state index in [1.807, 2.05) is 25.4 Å². The summed E-state index contributed by atoms with van der Waals surface area (Å²) in [5, 5.41) is 5.48. The highest BCUT2D eigenvalue weighted by molar-refractivity contribution is 5.93. The van der Waals surface area contributed by atoms with Crippen LogP contribution in [0.3, 0.4) is 0 Å². The van der Waals surface area contributed by atoms with Crippen LogP contribution in [0.15, 0.2) is 61.1 Å². The van der Waals surface area contributed by atoms with Crippen LogP contribution in [0, 0.1) is 5.82 Å². The van der Waals surface area contributed by atoms with Crippen LogP contribution in [0.2, 0.25) is 0 Å². The fourth-order valence-corrected chi connectivity index (χ4v) is 2.66. The summed E-state index contributed by atoms with van der Waals surface area (Å²) in [5.74, 6) is -0.260. The number of pyridine rings is 2. The Hall–Kier alpha value is -3.08. The average molecular weight is 304 g/mol. The van der Waals surface area contributed by atoms with Crippen molar-refractivity contribution in [2.75, 3.05) is 0 Å². The molecule has 0 aliphatic carbocycles. The van der Waals surface area contributed by atoms with Gasteiger partial charge in [0, 0.05) is 42.2 Å². The van der Waals surface area contributed by atoms with Gasteiger partial charge in [-0.3, -0.25) is 4.98 Å². The molecule has 5 heteroatoms. The van der Waals surface area contributed by atoms with E-state index >= 15 is 0 Å². The standard InChI is InChI=1S/C18H13FN4/c1-23-18-16(17(22-23)13-2-4-15(19)5-3-13)10-14(11-21-18)12-6-8-20-9-7-12/h2-11H,1H3. The van der Waals surface area contributed by atoms with Gasteiger partial charge in [0.1, 0.15) is 11.5 Å². The molecule has 0 spiro atoms. The van der Waals surface area contributed by atoms with E-state index in [1.54, 1.807) is 29.2 Å². The first-order valence-corrected chi connectivity index (χ1v) is 7.21. The van der Waals surface area contributed by atoms with Gasteiger partial charge >= 0.3 is 0 Å². The molecule has 0 saturated heterocycles. The Bertz CT molecular complexity index is 975. The van der Waals surface area contributed by atoms with Gasteiger partial charge < -0.3 is 0 Å². The molecule has 0 N–H and O–H groups in total. The number of benzene rings is 1. The van der Waals surface area contributed by atoms with E-state index in [0.29, 0.717) is 0 Å². The Kier molecular flexibility index (Phi) is 3.12. The predicted octanol–water partition coefficient (Wildman–Crippen LogP) is 3.84. The highest BCUT2D eigenvalue weighted by Gasteiger charge is 2.13. The SMILES string of the molecule is Cn1nc(-c2ccc(F)cc2)c2cc(-c3ccncc3)cnc21. The van der Waals surface area contributed by atoms with E-state index in [-0.39, 0.29) is 5.82 Å². The van der Waals surface area contributed by atoms with Crippen LogP contribution in [-0.4, -0.2) is 19.7 Å². The molecule has 4 aromatic rings. The van der Waals surface area contributed by atoms with E-state index in [0.717, 1.165) is 33.4 Å². The lowest BCUT2D eigenvalue weighted by Gasteiger charge is -2.02. The minimum atomic E-state index is -0.260. The number of aryl methyl sites for hydroxylation is 1. The lowest BCUT2D eigenvalue weighted by molar-refractivity contribution is 0.628. The van der Waals surface area contributed by atoms with Crippen molar-refractivity contribution in [3.8, 4) is 22.4 Å². The monoisotopic (exact) mass is 304 g/mol. The third-order valence-electron chi connectivity index (χ3n) is 3.81. The molecule has 112 valence electrons. The predicted molar refractivity (Wildman–Crippen MR) is 87.1 cm³/mol. The number of hydrogen-bond acceptors (Lipinski definition) is 3. The van der Waals surface area contributed by atoms with Crippen LogP contribution < -0.4 is 0 Å². The van der Waals surface area contributed by atoms with Crippen LogP contribution in [-0.2, 0) is 7.05 Å². The van der Waals surface area contributed by atoms with Gasteiger partial charge in [-0.1, -0.05) is 0 Å². The van der Waals surface area contributed by atoms with E-state index in [4.69, 9.17) is 0 Å². The fourth-order valence-electron chi connectivity index (χ4n) is 2.66. The minimum Gasteiger partial charge on any atom is -0.265 e. The number of rotatable bonds is 2. The number of halogens is 1. The van der Waals surface area contributed by atoms with E-state index in [2.05, 4.69) is 21.1 Å². The molecule has 0 bridgehead atoms. The third kappa shape index (κ3) is 2.36. The van der Waals surface area contributed by atoms with Gasteiger partial charge in [0.05, 0.1) is 0 Å². The summed E-state index contributed by atoms with van der Waals surface area (Å²) in [6, 6.07) is 12.3. The Balaban J connectivity index is 1.93. The lowest BCUT2D eigenvalue weighted by atomic mass is 10.1. The van der Waals surface area contributed by atoms with Gasteiger partial charge in [-0.25, -0.2) is 14.1 Å². The summed E-state index contributed by atoms with van der Waals surface area (Å²) < 4.78 is 14.9. The van der Waals surface area contributed by atoms with Gasteiger partial charge in [-0.2, -0.15) is 5.10 Å². The van der Waals surface area contributed by atoms with Crippen LogP contribution in [0.25, 0.3) is 33.4 Å². The largest absolute Gasteiger partial charge is 0.265 e. The fraction of sp³-hybridized carbons (Fsp3) is 0.0556. The van der Waals surface area contributed by atoms with Gasteiger partial charge in [0.2, 0.25) is 0 Å². The van der Waals surface area contributed by atoms with Crippen LogP contribution >= 0.6 is 0 Å². The van der Waals surface area contributed by atoms with Crippen LogP contribution in [0.1, 0.15) is 0 Å². The second kappa shape index (κ2) is 5.28. The quantitative estimate of drug-likeness (QED) is 0.565. The van der Waals surface area contributed by atoms with Crippen molar-refractivity contribution in [3.05, 3.63) is 66.9 Å². The zero-order valence-electron chi connectivity index (χ0n) is 12.4. The van der Waals surface area contributed by atoms with Crippen molar-refractivity contribution < 1.29 is 4.39 Å². The molecule has 0 amide bonds. The van der Waals surface area contributed by atoms with Gasteiger partial charge in [-0.05, 0) is 48.0 Å². The molecule has 0 unspecified atom stereocenters. The van der Waals surface area contributed by atoms with Crippen molar-refractivity contribution >= 4 is 11.0 Å². The van der Waals surface area contributed by atoms with Gasteiger partial charge in [0.25, 0.3) is 0 Å². The summed E-state index contributed by atoms with van der Waals surface area (Å²) in [7, 11) is 1.86. The average Bonchev–Trinajstić information content (AvgIpc) is 2.93. The van der Waals surface area contributed by atoms with Crippen LogP contribution in [0.4, 0.5) is 4.39 Å². The molecular weight excluding hydrogens is 291 g/mol. The molecule has 3 heterocycles. The maximum absolute atomic E-state index is 13.2. The smallest absolute Gasteiger partial charge is 0.158 e. The zero-order chi connectivity index (χ0) is 15.8. The van der Waals surface area contributed by atoms with Gasteiger partial charge in [-0.15, -0.1) is 0 Å². The second-order valence-electron chi connectivity index (χ2n) is 5.31. The molecule has 0 aliphatic heterocycles. The third-order valence-corrected chi connectivity index (χ3v) is 3.81.